The van der Waals surface area contributed by atoms with E-state index in [0.29, 0.717) is 23.5 Å². The number of carboxylic acids is 1. The second kappa shape index (κ2) is 7.49. The van der Waals surface area contributed by atoms with Gasteiger partial charge in [0.05, 0.1) is 20.2 Å². The molecule has 0 unspecified atom stereocenters. The summed E-state index contributed by atoms with van der Waals surface area (Å²) >= 11 is 0. The fourth-order valence-corrected chi connectivity index (χ4v) is 2.45. The Morgan fingerprint density at radius 1 is 0.870 bits per heavy atom. The molecular weight excluding hydrogens is 292 g/mol. The molecule has 0 heterocycles. The molecule has 0 aliphatic rings. The van der Waals surface area contributed by atoms with Crippen LogP contribution in [-0.2, 0) is 4.79 Å². The van der Waals surface area contributed by atoms with E-state index in [1.807, 2.05) is 24.3 Å². The van der Waals surface area contributed by atoms with Crippen LogP contribution in [0.2, 0.25) is 0 Å². The van der Waals surface area contributed by atoms with Crippen LogP contribution in [0.25, 0.3) is 5.57 Å². The summed E-state index contributed by atoms with van der Waals surface area (Å²) in [7, 11) is 3.18. The molecule has 4 heteroatoms. The minimum atomic E-state index is -1.16. The largest absolute Gasteiger partial charge is 0.545 e. The third-order valence-corrected chi connectivity index (χ3v) is 3.66. The van der Waals surface area contributed by atoms with Gasteiger partial charge in [-0.05, 0) is 53.0 Å². The predicted molar refractivity (Wildman–Crippen MR) is 87.3 cm³/mol. The van der Waals surface area contributed by atoms with Gasteiger partial charge in [0.25, 0.3) is 0 Å². The number of hydrogen-bond acceptors (Lipinski definition) is 4. The van der Waals surface area contributed by atoms with E-state index in [1.54, 1.807) is 45.4 Å². The van der Waals surface area contributed by atoms with Crippen LogP contribution in [0.4, 0.5) is 0 Å². The Balaban J connectivity index is 2.61. The lowest BCUT2D eigenvalue weighted by atomic mass is 9.91. The summed E-state index contributed by atoms with van der Waals surface area (Å²) in [6, 6.07) is 14.6. The van der Waals surface area contributed by atoms with Gasteiger partial charge < -0.3 is 19.4 Å². The van der Waals surface area contributed by atoms with Gasteiger partial charge in [0.1, 0.15) is 11.5 Å². The van der Waals surface area contributed by atoms with Crippen molar-refractivity contribution >= 4 is 11.5 Å². The van der Waals surface area contributed by atoms with Gasteiger partial charge in [-0.2, -0.15) is 0 Å². The molecule has 23 heavy (non-hydrogen) atoms. The van der Waals surface area contributed by atoms with Crippen LogP contribution in [0, 0.1) is 0 Å². The van der Waals surface area contributed by atoms with Gasteiger partial charge in [0, 0.05) is 0 Å². The molecule has 4 nitrogen and oxygen atoms in total. The highest BCUT2D eigenvalue weighted by Gasteiger charge is 2.12. The Hall–Kier alpha value is -2.75. The molecule has 0 aromatic heterocycles. The number of methoxy groups -OCH3 is 2. The Bertz CT molecular complexity index is 648. The summed E-state index contributed by atoms with van der Waals surface area (Å²) in [5.74, 6) is 0.276. The average molecular weight is 311 g/mol. The van der Waals surface area contributed by atoms with E-state index in [4.69, 9.17) is 9.47 Å². The molecule has 0 N–H and O–H groups in total. The fraction of sp³-hybridized carbons (Fsp3) is 0.211. The SMILES string of the molecule is CCC(C(=O)[O-])=C(c1ccc(OC)cc1)c1ccc(OC)cc1. The first-order valence-corrected chi connectivity index (χ1v) is 7.34. The van der Waals surface area contributed by atoms with Crippen molar-refractivity contribution in [3.63, 3.8) is 0 Å². The van der Waals surface area contributed by atoms with E-state index >= 15 is 0 Å². The number of benzene rings is 2. The molecule has 0 radical (unpaired) electrons. The van der Waals surface area contributed by atoms with E-state index in [2.05, 4.69) is 0 Å². The molecule has 2 aromatic carbocycles. The third kappa shape index (κ3) is 3.72. The fourth-order valence-electron chi connectivity index (χ4n) is 2.45. The van der Waals surface area contributed by atoms with Crippen molar-refractivity contribution in [2.45, 2.75) is 13.3 Å². The molecule has 2 rings (SSSR count). The zero-order valence-corrected chi connectivity index (χ0v) is 13.5. The quantitative estimate of drug-likeness (QED) is 0.770. The van der Waals surface area contributed by atoms with E-state index in [1.165, 1.54) is 0 Å². The number of ether oxygens (including phenoxy) is 2. The van der Waals surface area contributed by atoms with E-state index in [0.717, 1.165) is 11.1 Å². The number of rotatable bonds is 6. The van der Waals surface area contributed by atoms with Gasteiger partial charge >= 0.3 is 0 Å². The van der Waals surface area contributed by atoms with Crippen molar-refractivity contribution in [2.24, 2.45) is 0 Å². The van der Waals surface area contributed by atoms with Crippen molar-refractivity contribution in [3.05, 3.63) is 65.2 Å². The minimum absolute atomic E-state index is 0.264. The van der Waals surface area contributed by atoms with Gasteiger partial charge in [-0.15, -0.1) is 0 Å². The van der Waals surface area contributed by atoms with Crippen LogP contribution < -0.4 is 14.6 Å². The topological polar surface area (TPSA) is 58.6 Å². The van der Waals surface area contributed by atoms with Gasteiger partial charge in [-0.25, -0.2) is 0 Å². The smallest absolute Gasteiger partial charge is 0.118 e. The predicted octanol–water partition coefficient (Wildman–Crippen LogP) is 2.67. The molecule has 0 aliphatic carbocycles. The van der Waals surface area contributed by atoms with Crippen LogP contribution in [0.5, 0.6) is 11.5 Å². The highest BCUT2D eigenvalue weighted by atomic mass is 16.5. The van der Waals surface area contributed by atoms with Gasteiger partial charge in [-0.1, -0.05) is 31.2 Å². The second-order valence-electron chi connectivity index (χ2n) is 4.95. The normalized spacial score (nSPS) is 10.0. The highest BCUT2D eigenvalue weighted by molar-refractivity contribution is 5.99. The maximum absolute atomic E-state index is 11.5. The first-order valence-electron chi connectivity index (χ1n) is 7.34. The minimum Gasteiger partial charge on any atom is -0.545 e. The van der Waals surface area contributed by atoms with Crippen molar-refractivity contribution in [1.82, 2.24) is 0 Å². The number of carbonyl (C=O) groups is 1. The second-order valence-corrected chi connectivity index (χ2v) is 4.95. The van der Waals surface area contributed by atoms with Gasteiger partial charge in [0.2, 0.25) is 0 Å². The van der Waals surface area contributed by atoms with Crippen molar-refractivity contribution < 1.29 is 19.4 Å². The number of aliphatic carboxylic acids is 1. The summed E-state index contributed by atoms with van der Waals surface area (Å²) in [5, 5.41) is 11.5. The first-order chi connectivity index (χ1) is 11.1. The monoisotopic (exact) mass is 311 g/mol. The van der Waals surface area contributed by atoms with Crippen molar-refractivity contribution in [1.29, 1.82) is 0 Å². The maximum atomic E-state index is 11.5. The number of hydrogen-bond donors (Lipinski definition) is 0. The molecule has 0 spiro atoms. The Morgan fingerprint density at radius 3 is 1.52 bits per heavy atom. The third-order valence-electron chi connectivity index (χ3n) is 3.66. The van der Waals surface area contributed by atoms with E-state index in [-0.39, 0.29) is 5.57 Å². The summed E-state index contributed by atoms with van der Waals surface area (Å²) in [6.45, 7) is 1.80. The lowest BCUT2D eigenvalue weighted by Gasteiger charge is -2.17. The van der Waals surface area contributed by atoms with Crippen molar-refractivity contribution in [2.75, 3.05) is 14.2 Å². The summed E-state index contributed by atoms with van der Waals surface area (Å²) < 4.78 is 10.3. The summed E-state index contributed by atoms with van der Waals surface area (Å²) in [4.78, 5) is 11.5. The standard InChI is InChI=1S/C19H20O4/c1-4-17(19(20)21)18(13-5-9-15(22-2)10-6-13)14-7-11-16(23-3)12-8-14/h5-12H,4H2,1-3H3,(H,20,21)/p-1. The van der Waals surface area contributed by atoms with Crippen LogP contribution in [0.3, 0.4) is 0 Å². The summed E-state index contributed by atoms with van der Waals surface area (Å²) in [6.07, 6.45) is 0.371. The highest BCUT2D eigenvalue weighted by Crippen LogP contribution is 2.30. The molecule has 120 valence electrons. The first kappa shape index (κ1) is 16.6. The van der Waals surface area contributed by atoms with Crippen LogP contribution >= 0.6 is 0 Å². The maximum Gasteiger partial charge on any atom is 0.118 e. The lowest BCUT2D eigenvalue weighted by molar-refractivity contribution is -0.299. The average Bonchev–Trinajstić information content (AvgIpc) is 2.59. The molecule has 0 bridgehead atoms. The lowest BCUT2D eigenvalue weighted by Crippen LogP contribution is -2.25. The zero-order chi connectivity index (χ0) is 16.8. The molecule has 0 saturated heterocycles. The Kier molecular flexibility index (Phi) is 5.41. The number of carboxylic acid groups (broad SMARTS) is 1. The Labute approximate surface area is 136 Å². The number of carbonyl (C=O) groups excluding carboxylic acids is 1. The molecule has 0 amide bonds. The van der Waals surface area contributed by atoms with Crippen molar-refractivity contribution in [3.8, 4) is 11.5 Å². The van der Waals surface area contributed by atoms with Gasteiger partial charge in [0.15, 0.2) is 0 Å². The van der Waals surface area contributed by atoms with Gasteiger partial charge in [-0.3, -0.25) is 0 Å². The van der Waals surface area contributed by atoms with Crippen LogP contribution in [0.15, 0.2) is 54.1 Å². The molecular formula is C19H19O4-. The zero-order valence-electron chi connectivity index (χ0n) is 13.5. The molecule has 0 fully saturated rings. The molecule has 2 aromatic rings. The Morgan fingerprint density at radius 2 is 1.26 bits per heavy atom. The molecule has 0 atom stereocenters. The molecule has 0 saturated carbocycles. The van der Waals surface area contributed by atoms with E-state index < -0.39 is 5.97 Å². The van der Waals surface area contributed by atoms with Crippen LogP contribution in [-0.4, -0.2) is 20.2 Å². The van der Waals surface area contributed by atoms with Crippen LogP contribution in [0.1, 0.15) is 24.5 Å². The molecule has 0 aliphatic heterocycles. The summed E-state index contributed by atoms with van der Waals surface area (Å²) in [5.41, 5.74) is 2.52. The van der Waals surface area contributed by atoms with E-state index in [9.17, 15) is 9.90 Å².